The van der Waals surface area contributed by atoms with Gasteiger partial charge in [0.1, 0.15) is 11.6 Å². The maximum atomic E-state index is 12.7. The highest BCUT2D eigenvalue weighted by Crippen LogP contribution is 2.47. The van der Waals surface area contributed by atoms with Gasteiger partial charge in [-0.05, 0) is 110 Å². The Balaban J connectivity index is 1.31. The summed E-state index contributed by atoms with van der Waals surface area (Å²) in [5, 5.41) is 15.0. The van der Waals surface area contributed by atoms with E-state index in [9.17, 15) is 5.11 Å². The van der Waals surface area contributed by atoms with Crippen LogP contribution in [-0.2, 0) is 21.7 Å². The second-order valence-corrected chi connectivity index (χ2v) is 23.0. The van der Waals surface area contributed by atoms with Gasteiger partial charge in [-0.25, -0.2) is 4.98 Å². The SMILES string of the molecule is CC(C)(C)c1cc(-c2cccc3c2nc(-c2cc(C(C)(C)C)cc(C(C)(C)C)c2O)n3-c2ccc(C(C)(C)C)cc2-c2ccccc2)cc(-c2nccc3c4ccccc4n(-c4ccccc4)c23)c1. The molecule has 5 heteroatoms. The fraction of sp³-hybridized carbons (Fsp3) is 0.250. The van der Waals surface area contributed by atoms with Gasteiger partial charge >= 0.3 is 0 Å². The lowest BCUT2D eigenvalue weighted by Gasteiger charge is -2.28. The third-order valence-corrected chi connectivity index (χ3v) is 13.9. The Kier molecular flexibility index (Phi) is 10.9. The third kappa shape index (κ3) is 8.12. The van der Waals surface area contributed by atoms with Crippen LogP contribution in [0.2, 0.25) is 0 Å². The first kappa shape index (κ1) is 45.5. The number of pyridine rings is 1. The average molecular weight is 905 g/mol. The molecular formula is C64H64N4O. The number of rotatable bonds is 6. The van der Waals surface area contributed by atoms with Crippen molar-refractivity contribution in [1.29, 1.82) is 0 Å². The molecule has 5 nitrogen and oxygen atoms in total. The first-order valence-corrected chi connectivity index (χ1v) is 24.4. The number of aromatic nitrogens is 4. The van der Waals surface area contributed by atoms with Crippen molar-refractivity contribution >= 4 is 32.8 Å². The maximum Gasteiger partial charge on any atom is 0.149 e. The number of phenols is 1. The average Bonchev–Trinajstić information content (AvgIpc) is 3.87. The largest absolute Gasteiger partial charge is 0.507 e. The summed E-state index contributed by atoms with van der Waals surface area (Å²) in [5.74, 6) is 0.949. The highest BCUT2D eigenvalue weighted by atomic mass is 16.3. The Morgan fingerprint density at radius 2 is 1.04 bits per heavy atom. The van der Waals surface area contributed by atoms with Gasteiger partial charge in [-0.15, -0.1) is 0 Å². The lowest BCUT2D eigenvalue weighted by atomic mass is 9.79. The molecule has 0 amide bonds. The number of aromatic hydroxyl groups is 1. The predicted octanol–water partition coefficient (Wildman–Crippen LogP) is 17.1. The van der Waals surface area contributed by atoms with E-state index < -0.39 is 0 Å². The summed E-state index contributed by atoms with van der Waals surface area (Å²) in [4.78, 5) is 11.0. The topological polar surface area (TPSA) is 55.9 Å². The van der Waals surface area contributed by atoms with E-state index in [1.165, 1.54) is 16.5 Å². The molecule has 0 unspecified atom stereocenters. The first-order chi connectivity index (χ1) is 32.7. The molecule has 0 radical (unpaired) electrons. The second-order valence-electron chi connectivity index (χ2n) is 23.0. The van der Waals surface area contributed by atoms with Crippen LogP contribution < -0.4 is 0 Å². The monoisotopic (exact) mass is 905 g/mol. The first-order valence-electron chi connectivity index (χ1n) is 24.4. The number of nitrogens with zero attached hydrogens (tertiary/aromatic N) is 4. The van der Waals surface area contributed by atoms with E-state index in [1.807, 2.05) is 6.20 Å². The summed E-state index contributed by atoms with van der Waals surface area (Å²) in [6.07, 6.45) is 1.96. The van der Waals surface area contributed by atoms with E-state index in [4.69, 9.17) is 9.97 Å². The van der Waals surface area contributed by atoms with E-state index in [1.54, 1.807) is 0 Å². The zero-order valence-corrected chi connectivity index (χ0v) is 42.3. The lowest BCUT2D eigenvalue weighted by molar-refractivity contribution is 0.446. The predicted molar refractivity (Wildman–Crippen MR) is 291 cm³/mol. The van der Waals surface area contributed by atoms with E-state index >= 15 is 0 Å². The molecule has 10 aromatic rings. The molecule has 0 spiro atoms. The molecule has 10 rings (SSSR count). The maximum absolute atomic E-state index is 12.7. The van der Waals surface area contributed by atoms with Crippen LogP contribution in [-0.4, -0.2) is 24.2 Å². The van der Waals surface area contributed by atoms with E-state index in [-0.39, 0.29) is 27.4 Å². The normalized spacial score (nSPS) is 12.7. The zero-order chi connectivity index (χ0) is 48.8. The summed E-state index contributed by atoms with van der Waals surface area (Å²) >= 11 is 0. The molecule has 0 aliphatic carbocycles. The van der Waals surface area contributed by atoms with Crippen LogP contribution >= 0.6 is 0 Å². The molecule has 7 aromatic carbocycles. The number of hydrogen-bond donors (Lipinski definition) is 1. The highest BCUT2D eigenvalue weighted by molar-refractivity contribution is 6.13. The molecule has 0 aliphatic heterocycles. The van der Waals surface area contributed by atoms with Crippen LogP contribution in [0.3, 0.4) is 0 Å². The van der Waals surface area contributed by atoms with Gasteiger partial charge in [-0.1, -0.05) is 180 Å². The smallest absolute Gasteiger partial charge is 0.149 e. The van der Waals surface area contributed by atoms with Crippen molar-refractivity contribution in [2.24, 2.45) is 0 Å². The Hall–Kier alpha value is -7.24. The minimum atomic E-state index is -0.335. The van der Waals surface area contributed by atoms with E-state index in [0.717, 1.165) is 83.5 Å². The molecule has 3 aromatic heterocycles. The van der Waals surface area contributed by atoms with Gasteiger partial charge in [0.25, 0.3) is 0 Å². The molecule has 0 bridgehead atoms. The number of imidazole rings is 1. The van der Waals surface area contributed by atoms with Crippen LogP contribution in [0.25, 0.3) is 89.1 Å². The summed E-state index contributed by atoms with van der Waals surface area (Å²) in [6, 6.07) is 56.8. The molecule has 0 atom stereocenters. The molecule has 0 saturated carbocycles. The second kappa shape index (κ2) is 16.5. The Labute approximate surface area is 408 Å². The van der Waals surface area contributed by atoms with Gasteiger partial charge in [0.15, 0.2) is 0 Å². The van der Waals surface area contributed by atoms with Gasteiger partial charge < -0.3 is 9.67 Å². The van der Waals surface area contributed by atoms with Gasteiger partial charge in [-0.2, -0.15) is 0 Å². The van der Waals surface area contributed by atoms with Crippen LogP contribution in [0.1, 0.15) is 105 Å². The van der Waals surface area contributed by atoms with Crippen molar-refractivity contribution in [3.63, 3.8) is 0 Å². The van der Waals surface area contributed by atoms with Gasteiger partial charge in [-0.3, -0.25) is 9.55 Å². The van der Waals surface area contributed by atoms with Crippen LogP contribution in [0.5, 0.6) is 5.75 Å². The highest BCUT2D eigenvalue weighted by Gasteiger charge is 2.30. The summed E-state index contributed by atoms with van der Waals surface area (Å²) in [5.41, 5.74) is 16.7. The van der Waals surface area contributed by atoms with Crippen LogP contribution in [0.15, 0.2) is 164 Å². The van der Waals surface area contributed by atoms with Crippen molar-refractivity contribution in [2.75, 3.05) is 0 Å². The molecule has 0 aliphatic rings. The number of para-hydroxylation sites is 3. The minimum Gasteiger partial charge on any atom is -0.507 e. The van der Waals surface area contributed by atoms with Gasteiger partial charge in [0, 0.05) is 44.9 Å². The Morgan fingerprint density at radius 3 is 1.72 bits per heavy atom. The zero-order valence-electron chi connectivity index (χ0n) is 42.3. The fourth-order valence-electron chi connectivity index (χ4n) is 9.94. The Bertz CT molecular complexity index is 3580. The van der Waals surface area contributed by atoms with E-state index in [0.29, 0.717) is 11.4 Å². The van der Waals surface area contributed by atoms with Crippen molar-refractivity contribution in [3.05, 3.63) is 186 Å². The number of phenolic OH excluding ortho intramolecular Hbond substituents is 1. The fourth-order valence-corrected chi connectivity index (χ4v) is 9.94. The van der Waals surface area contributed by atoms with Crippen LogP contribution in [0.4, 0.5) is 0 Å². The Morgan fingerprint density at radius 1 is 0.435 bits per heavy atom. The van der Waals surface area contributed by atoms with Crippen molar-refractivity contribution in [3.8, 4) is 62.0 Å². The molecule has 0 saturated heterocycles. The molecule has 0 fully saturated rings. The molecule has 69 heavy (non-hydrogen) atoms. The summed E-state index contributed by atoms with van der Waals surface area (Å²) in [7, 11) is 0. The molecule has 1 N–H and O–H groups in total. The number of benzene rings is 7. The van der Waals surface area contributed by atoms with Gasteiger partial charge in [0.05, 0.1) is 39.0 Å². The molecule has 3 heterocycles. The third-order valence-electron chi connectivity index (χ3n) is 13.9. The quantitative estimate of drug-likeness (QED) is 0.181. The van der Waals surface area contributed by atoms with Crippen molar-refractivity contribution in [1.82, 2.24) is 19.1 Å². The van der Waals surface area contributed by atoms with Crippen molar-refractivity contribution < 1.29 is 5.11 Å². The molecule has 346 valence electrons. The summed E-state index contributed by atoms with van der Waals surface area (Å²) in [6.45, 7) is 26.9. The van der Waals surface area contributed by atoms with Crippen LogP contribution in [0, 0.1) is 0 Å². The number of hydrogen-bond acceptors (Lipinski definition) is 3. The standard InChI is InChI=1S/C64H64N4O/c1-61(2,3)43-30-31-54(50(37-43)40-22-15-13-16-23-40)68-55-29-21-27-47(57(55)66-60(68)51-38-45(63(7,8)9)39-52(59(51)69)64(10,11)12)41-34-42(36-44(35-41)62(4,5)6)56-58-49(32-33-65-56)48-26-19-20-28-53(48)67(58)46-24-17-14-18-25-46/h13-39,69H,1-12H3. The van der Waals surface area contributed by atoms with E-state index in [2.05, 4.69) is 250 Å². The number of fused-ring (bicyclic) bond motifs is 4. The molecular weight excluding hydrogens is 841 g/mol. The lowest BCUT2D eigenvalue weighted by Crippen LogP contribution is -2.17. The summed E-state index contributed by atoms with van der Waals surface area (Å²) < 4.78 is 4.67. The minimum absolute atomic E-state index is 0.0829. The van der Waals surface area contributed by atoms with Gasteiger partial charge in [0.2, 0.25) is 0 Å². The van der Waals surface area contributed by atoms with Crippen molar-refractivity contribution in [2.45, 2.75) is 105 Å².